The smallest absolute Gasteiger partial charge is 0.00581 e. The molecule has 0 amide bonds. The van der Waals surface area contributed by atoms with Crippen molar-refractivity contribution in [1.29, 1.82) is 0 Å². The summed E-state index contributed by atoms with van der Waals surface area (Å²) in [4.78, 5) is 2.61. The predicted octanol–water partition coefficient (Wildman–Crippen LogP) is 3.43. The van der Waals surface area contributed by atoms with Gasteiger partial charge < -0.3 is 4.90 Å². The van der Waals surface area contributed by atoms with Crippen LogP contribution in [0.3, 0.4) is 0 Å². The molecule has 1 unspecified atom stereocenters. The van der Waals surface area contributed by atoms with E-state index in [-0.39, 0.29) is 0 Å². The minimum Gasteiger partial charge on any atom is -0.303 e. The third kappa shape index (κ3) is 3.75. The van der Waals surface area contributed by atoms with Crippen molar-refractivity contribution in [3.63, 3.8) is 0 Å². The summed E-state index contributed by atoms with van der Waals surface area (Å²) in [6, 6.07) is 10.8. The average molecular weight is 249 g/mol. The molecule has 0 radical (unpaired) electrons. The molecule has 0 spiro atoms. The lowest BCUT2D eigenvalue weighted by Crippen LogP contribution is -2.36. The van der Waals surface area contributed by atoms with Gasteiger partial charge in [-0.15, -0.1) is 0 Å². The maximum atomic E-state index is 4.52. The quantitative estimate of drug-likeness (QED) is 0.800. The van der Waals surface area contributed by atoms with E-state index in [4.69, 9.17) is 0 Å². The van der Waals surface area contributed by atoms with E-state index in [0.717, 1.165) is 11.7 Å². The molecule has 1 aromatic carbocycles. The second-order valence-electron chi connectivity index (χ2n) is 5.27. The standard InChI is InChI=1S/C15H23NS/c1-13-7-9-16(10-8-13)11-15(12-17)14-5-3-2-4-6-14/h2-6,13,15,17H,7-12H2,1H3. The van der Waals surface area contributed by atoms with Crippen LogP contribution in [0, 0.1) is 5.92 Å². The van der Waals surface area contributed by atoms with Gasteiger partial charge in [0.2, 0.25) is 0 Å². The van der Waals surface area contributed by atoms with Crippen molar-refractivity contribution in [2.75, 3.05) is 25.4 Å². The summed E-state index contributed by atoms with van der Waals surface area (Å²) in [6.45, 7) is 6.06. The molecule has 0 saturated carbocycles. The lowest BCUT2D eigenvalue weighted by molar-refractivity contribution is 0.185. The lowest BCUT2D eigenvalue weighted by Gasteiger charge is -2.32. The van der Waals surface area contributed by atoms with Gasteiger partial charge in [-0.05, 0) is 43.2 Å². The number of rotatable bonds is 4. The van der Waals surface area contributed by atoms with Crippen molar-refractivity contribution in [3.05, 3.63) is 35.9 Å². The molecule has 1 nitrogen and oxygen atoms in total. The Morgan fingerprint density at radius 2 is 1.88 bits per heavy atom. The molecule has 2 heteroatoms. The highest BCUT2D eigenvalue weighted by Gasteiger charge is 2.19. The Kier molecular flexibility index (Phi) is 4.93. The first kappa shape index (κ1) is 13.0. The Hall–Kier alpha value is -0.470. The number of nitrogens with zero attached hydrogens (tertiary/aromatic N) is 1. The van der Waals surface area contributed by atoms with E-state index in [1.54, 1.807) is 0 Å². The van der Waals surface area contributed by atoms with E-state index in [9.17, 15) is 0 Å². The van der Waals surface area contributed by atoms with Crippen molar-refractivity contribution in [1.82, 2.24) is 4.90 Å². The van der Waals surface area contributed by atoms with E-state index in [2.05, 4.69) is 54.8 Å². The van der Waals surface area contributed by atoms with Crippen LogP contribution in [0.25, 0.3) is 0 Å². The zero-order valence-electron chi connectivity index (χ0n) is 10.7. The van der Waals surface area contributed by atoms with Crippen LogP contribution in [-0.4, -0.2) is 30.3 Å². The Bertz CT molecular complexity index is 317. The summed E-state index contributed by atoms with van der Waals surface area (Å²) < 4.78 is 0. The fraction of sp³-hybridized carbons (Fsp3) is 0.600. The summed E-state index contributed by atoms with van der Waals surface area (Å²) in [5.74, 6) is 2.43. The molecule has 17 heavy (non-hydrogen) atoms. The fourth-order valence-corrected chi connectivity index (χ4v) is 2.88. The number of piperidine rings is 1. The summed E-state index contributed by atoms with van der Waals surface area (Å²) in [5, 5.41) is 0. The SMILES string of the molecule is CC1CCN(CC(CS)c2ccccc2)CC1. The van der Waals surface area contributed by atoms with Gasteiger partial charge in [0.25, 0.3) is 0 Å². The molecular formula is C15H23NS. The van der Waals surface area contributed by atoms with E-state index < -0.39 is 0 Å². The van der Waals surface area contributed by atoms with Gasteiger partial charge in [-0.1, -0.05) is 37.3 Å². The monoisotopic (exact) mass is 249 g/mol. The molecule has 0 N–H and O–H groups in total. The molecule has 1 aliphatic heterocycles. The van der Waals surface area contributed by atoms with Crippen LogP contribution in [-0.2, 0) is 0 Å². The lowest BCUT2D eigenvalue weighted by atomic mass is 9.96. The number of hydrogen-bond acceptors (Lipinski definition) is 2. The van der Waals surface area contributed by atoms with Crippen molar-refractivity contribution in [2.45, 2.75) is 25.7 Å². The molecule has 0 aromatic heterocycles. The zero-order chi connectivity index (χ0) is 12.1. The van der Waals surface area contributed by atoms with Gasteiger partial charge in [0.15, 0.2) is 0 Å². The number of benzene rings is 1. The van der Waals surface area contributed by atoms with Crippen LogP contribution in [0.1, 0.15) is 31.2 Å². The number of thiol groups is 1. The maximum absolute atomic E-state index is 4.52. The molecule has 0 bridgehead atoms. The Labute approximate surface area is 111 Å². The highest BCUT2D eigenvalue weighted by Crippen LogP contribution is 2.22. The van der Waals surface area contributed by atoms with Gasteiger partial charge in [-0.25, -0.2) is 0 Å². The van der Waals surface area contributed by atoms with E-state index in [1.807, 2.05) is 0 Å². The van der Waals surface area contributed by atoms with Crippen LogP contribution in [0.15, 0.2) is 30.3 Å². The molecular weight excluding hydrogens is 226 g/mol. The van der Waals surface area contributed by atoms with Crippen molar-refractivity contribution < 1.29 is 0 Å². The second kappa shape index (κ2) is 6.46. The topological polar surface area (TPSA) is 3.24 Å². The third-order valence-corrected chi connectivity index (χ3v) is 4.29. The van der Waals surface area contributed by atoms with Gasteiger partial charge in [-0.3, -0.25) is 0 Å². The summed E-state index contributed by atoms with van der Waals surface area (Å²) in [6.07, 6.45) is 2.71. The molecule has 94 valence electrons. The van der Waals surface area contributed by atoms with Crippen molar-refractivity contribution in [3.8, 4) is 0 Å². The first-order valence-electron chi connectivity index (χ1n) is 6.67. The maximum Gasteiger partial charge on any atom is 0.00581 e. The minimum absolute atomic E-state index is 0.577. The molecule has 1 fully saturated rings. The highest BCUT2D eigenvalue weighted by atomic mass is 32.1. The van der Waals surface area contributed by atoms with Crippen LogP contribution in [0.5, 0.6) is 0 Å². The number of hydrogen-bond donors (Lipinski definition) is 1. The molecule has 1 aliphatic rings. The van der Waals surface area contributed by atoms with Gasteiger partial charge >= 0.3 is 0 Å². The van der Waals surface area contributed by atoms with Crippen LogP contribution in [0.4, 0.5) is 0 Å². The summed E-state index contributed by atoms with van der Waals surface area (Å²) in [7, 11) is 0. The molecule has 0 aliphatic carbocycles. The van der Waals surface area contributed by atoms with Crippen molar-refractivity contribution >= 4 is 12.6 Å². The van der Waals surface area contributed by atoms with Crippen LogP contribution in [0.2, 0.25) is 0 Å². The molecule has 2 rings (SSSR count). The largest absolute Gasteiger partial charge is 0.303 e. The zero-order valence-corrected chi connectivity index (χ0v) is 11.6. The Balaban J connectivity index is 1.92. The normalized spacial score (nSPS) is 20.4. The summed E-state index contributed by atoms with van der Waals surface area (Å²) >= 11 is 4.52. The first-order valence-corrected chi connectivity index (χ1v) is 7.31. The predicted molar refractivity (Wildman–Crippen MR) is 77.9 cm³/mol. The van der Waals surface area contributed by atoms with E-state index >= 15 is 0 Å². The van der Waals surface area contributed by atoms with Gasteiger partial charge in [0.1, 0.15) is 0 Å². The van der Waals surface area contributed by atoms with Crippen LogP contribution >= 0.6 is 12.6 Å². The van der Waals surface area contributed by atoms with Gasteiger partial charge in [0, 0.05) is 12.5 Å². The Morgan fingerprint density at radius 3 is 2.47 bits per heavy atom. The van der Waals surface area contributed by atoms with Crippen molar-refractivity contribution in [2.24, 2.45) is 5.92 Å². The minimum atomic E-state index is 0.577. The second-order valence-corrected chi connectivity index (χ2v) is 5.64. The molecule has 1 aromatic rings. The van der Waals surface area contributed by atoms with E-state index in [1.165, 1.54) is 38.0 Å². The average Bonchev–Trinajstić information content (AvgIpc) is 2.39. The van der Waals surface area contributed by atoms with Gasteiger partial charge in [-0.2, -0.15) is 12.6 Å². The van der Waals surface area contributed by atoms with E-state index in [0.29, 0.717) is 5.92 Å². The molecule has 1 atom stereocenters. The molecule has 1 heterocycles. The summed E-state index contributed by atoms with van der Waals surface area (Å²) in [5.41, 5.74) is 1.43. The van der Waals surface area contributed by atoms with Gasteiger partial charge in [0.05, 0.1) is 0 Å². The Morgan fingerprint density at radius 1 is 1.24 bits per heavy atom. The third-order valence-electron chi connectivity index (χ3n) is 3.85. The number of likely N-dealkylation sites (tertiary alicyclic amines) is 1. The highest BCUT2D eigenvalue weighted by molar-refractivity contribution is 7.80. The molecule has 1 saturated heterocycles. The first-order chi connectivity index (χ1) is 8.29. The fourth-order valence-electron chi connectivity index (χ4n) is 2.55. The van der Waals surface area contributed by atoms with Crippen LogP contribution < -0.4 is 0 Å².